The predicted molar refractivity (Wildman–Crippen MR) is 111 cm³/mol. The Bertz CT molecular complexity index is 1070. The van der Waals surface area contributed by atoms with Crippen LogP contribution in [0.1, 0.15) is 30.9 Å². The van der Waals surface area contributed by atoms with Gasteiger partial charge in [-0.2, -0.15) is 0 Å². The summed E-state index contributed by atoms with van der Waals surface area (Å²) in [5.41, 5.74) is 8.96. The minimum absolute atomic E-state index is 0.126. The highest BCUT2D eigenvalue weighted by atomic mass is 32.2. The summed E-state index contributed by atoms with van der Waals surface area (Å²) in [4.78, 5) is 0.295. The SMILES string of the molecule is CCc1cn(S(=O)(=O)c2ccccc2)c2ccc(CC3CC(N)CCO3)cc12. The summed E-state index contributed by atoms with van der Waals surface area (Å²) in [5, 5.41) is 0.986. The Hall–Kier alpha value is -2.15. The van der Waals surface area contributed by atoms with Gasteiger partial charge in [-0.25, -0.2) is 12.4 Å². The third kappa shape index (κ3) is 3.60. The topological polar surface area (TPSA) is 74.3 Å². The molecule has 1 aromatic heterocycles. The van der Waals surface area contributed by atoms with E-state index in [2.05, 4.69) is 6.07 Å². The highest BCUT2D eigenvalue weighted by molar-refractivity contribution is 7.90. The monoisotopic (exact) mass is 398 g/mol. The molecular weight excluding hydrogens is 372 g/mol. The number of ether oxygens (including phenoxy) is 1. The number of nitrogens with two attached hydrogens (primary N) is 1. The Balaban J connectivity index is 1.73. The van der Waals surface area contributed by atoms with Gasteiger partial charge >= 0.3 is 0 Å². The smallest absolute Gasteiger partial charge is 0.268 e. The molecule has 5 nitrogen and oxygen atoms in total. The molecule has 1 fully saturated rings. The molecule has 0 radical (unpaired) electrons. The molecule has 2 atom stereocenters. The number of aromatic nitrogens is 1. The second-order valence-corrected chi connectivity index (χ2v) is 9.27. The van der Waals surface area contributed by atoms with Crippen molar-refractivity contribution in [3.05, 3.63) is 65.9 Å². The molecule has 6 heteroatoms. The van der Waals surface area contributed by atoms with Crippen LogP contribution in [0.5, 0.6) is 0 Å². The van der Waals surface area contributed by atoms with Crippen molar-refractivity contribution in [3.8, 4) is 0 Å². The maximum atomic E-state index is 13.1. The normalized spacial score (nSPS) is 20.5. The minimum Gasteiger partial charge on any atom is -0.378 e. The van der Waals surface area contributed by atoms with Crippen molar-refractivity contribution in [1.29, 1.82) is 0 Å². The van der Waals surface area contributed by atoms with E-state index in [1.54, 1.807) is 30.5 Å². The average Bonchev–Trinajstić information content (AvgIpc) is 3.07. The van der Waals surface area contributed by atoms with Crippen LogP contribution in [0.25, 0.3) is 10.9 Å². The third-order valence-electron chi connectivity index (χ3n) is 5.47. The van der Waals surface area contributed by atoms with Crippen LogP contribution in [0.15, 0.2) is 59.6 Å². The van der Waals surface area contributed by atoms with Crippen LogP contribution in [0.3, 0.4) is 0 Å². The van der Waals surface area contributed by atoms with Crippen molar-refractivity contribution in [2.75, 3.05) is 6.61 Å². The first-order valence-electron chi connectivity index (χ1n) is 9.79. The van der Waals surface area contributed by atoms with Gasteiger partial charge in [-0.1, -0.05) is 31.2 Å². The lowest BCUT2D eigenvalue weighted by Crippen LogP contribution is -2.35. The molecule has 0 spiro atoms. The number of fused-ring (bicyclic) bond motifs is 1. The Morgan fingerprint density at radius 1 is 1.18 bits per heavy atom. The molecule has 2 unspecified atom stereocenters. The second kappa shape index (κ2) is 7.70. The molecule has 148 valence electrons. The molecule has 0 aliphatic carbocycles. The van der Waals surface area contributed by atoms with E-state index in [9.17, 15) is 8.42 Å². The highest BCUT2D eigenvalue weighted by Gasteiger charge is 2.23. The summed E-state index contributed by atoms with van der Waals surface area (Å²) >= 11 is 0. The van der Waals surface area contributed by atoms with Crippen LogP contribution in [-0.4, -0.2) is 31.1 Å². The molecule has 0 amide bonds. The Labute approximate surface area is 166 Å². The molecule has 2 N–H and O–H groups in total. The summed E-state index contributed by atoms with van der Waals surface area (Å²) in [6.07, 6.45) is 5.22. The number of benzene rings is 2. The predicted octanol–water partition coefficient (Wildman–Crippen LogP) is 3.49. The zero-order chi connectivity index (χ0) is 19.7. The lowest BCUT2D eigenvalue weighted by Gasteiger charge is -2.27. The van der Waals surface area contributed by atoms with Crippen molar-refractivity contribution in [3.63, 3.8) is 0 Å². The highest BCUT2D eigenvalue weighted by Crippen LogP contribution is 2.28. The largest absolute Gasteiger partial charge is 0.378 e. The number of rotatable bonds is 5. The van der Waals surface area contributed by atoms with Gasteiger partial charge in [-0.15, -0.1) is 0 Å². The van der Waals surface area contributed by atoms with E-state index in [0.717, 1.165) is 42.2 Å². The lowest BCUT2D eigenvalue weighted by molar-refractivity contribution is 0.00869. The Morgan fingerprint density at radius 2 is 1.96 bits per heavy atom. The number of hydrogen-bond donors (Lipinski definition) is 1. The van der Waals surface area contributed by atoms with E-state index < -0.39 is 10.0 Å². The third-order valence-corrected chi connectivity index (χ3v) is 7.16. The van der Waals surface area contributed by atoms with Gasteiger partial charge in [0.2, 0.25) is 0 Å². The first-order valence-corrected chi connectivity index (χ1v) is 11.2. The van der Waals surface area contributed by atoms with Crippen molar-refractivity contribution in [2.24, 2.45) is 5.73 Å². The van der Waals surface area contributed by atoms with E-state index in [1.165, 1.54) is 3.97 Å². The molecule has 0 saturated carbocycles. The Morgan fingerprint density at radius 3 is 2.68 bits per heavy atom. The van der Waals surface area contributed by atoms with Crippen LogP contribution < -0.4 is 5.73 Å². The fourth-order valence-electron chi connectivity index (χ4n) is 3.94. The molecule has 1 aliphatic rings. The maximum Gasteiger partial charge on any atom is 0.268 e. The van der Waals surface area contributed by atoms with Gasteiger partial charge in [0, 0.05) is 24.2 Å². The van der Waals surface area contributed by atoms with Gasteiger partial charge in [0.05, 0.1) is 16.5 Å². The van der Waals surface area contributed by atoms with Crippen molar-refractivity contribution < 1.29 is 13.2 Å². The van der Waals surface area contributed by atoms with E-state index in [4.69, 9.17) is 10.5 Å². The molecule has 0 bridgehead atoms. The fourth-order valence-corrected chi connectivity index (χ4v) is 5.35. The molecule has 1 aliphatic heterocycles. The van der Waals surface area contributed by atoms with Crippen LogP contribution in [0.4, 0.5) is 0 Å². The first kappa shape index (κ1) is 19.2. The second-order valence-electron chi connectivity index (χ2n) is 7.45. The van der Waals surface area contributed by atoms with Crippen LogP contribution in [0.2, 0.25) is 0 Å². The van der Waals surface area contributed by atoms with Gasteiger partial charge in [0.25, 0.3) is 10.0 Å². The number of hydrogen-bond acceptors (Lipinski definition) is 4. The van der Waals surface area contributed by atoms with E-state index >= 15 is 0 Å². The standard InChI is InChI=1S/C22H26N2O3S/c1-2-17-15-24(28(25,26)20-6-4-3-5-7-20)22-9-8-16(13-21(17)22)12-19-14-18(23)10-11-27-19/h3-9,13,15,18-19H,2,10-12,14,23H2,1H3. The maximum absolute atomic E-state index is 13.1. The zero-order valence-electron chi connectivity index (χ0n) is 16.0. The number of aryl methyl sites for hydroxylation is 1. The van der Waals surface area contributed by atoms with Gasteiger partial charge in [0.1, 0.15) is 0 Å². The number of nitrogens with zero attached hydrogens (tertiary/aromatic N) is 1. The molecule has 3 aromatic rings. The van der Waals surface area contributed by atoms with E-state index in [1.807, 2.05) is 25.1 Å². The summed E-state index contributed by atoms with van der Waals surface area (Å²) < 4.78 is 33.6. The molecule has 2 aromatic carbocycles. The zero-order valence-corrected chi connectivity index (χ0v) is 16.9. The van der Waals surface area contributed by atoms with Crippen molar-refractivity contribution in [2.45, 2.75) is 49.6 Å². The minimum atomic E-state index is -3.63. The molecular formula is C22H26N2O3S. The molecule has 4 rings (SSSR count). The van der Waals surface area contributed by atoms with Crippen molar-refractivity contribution in [1.82, 2.24) is 3.97 Å². The summed E-state index contributed by atoms with van der Waals surface area (Å²) in [6, 6.07) is 14.8. The quantitative estimate of drug-likeness (QED) is 0.714. The average molecular weight is 399 g/mol. The van der Waals surface area contributed by atoms with Crippen LogP contribution in [-0.2, 0) is 27.6 Å². The van der Waals surface area contributed by atoms with Gasteiger partial charge in [-0.3, -0.25) is 0 Å². The van der Waals surface area contributed by atoms with Gasteiger partial charge < -0.3 is 10.5 Å². The van der Waals surface area contributed by atoms with Gasteiger partial charge in [-0.05, 0) is 61.1 Å². The summed E-state index contributed by atoms with van der Waals surface area (Å²) in [5.74, 6) is 0. The van der Waals surface area contributed by atoms with Gasteiger partial charge in [0.15, 0.2) is 0 Å². The first-order chi connectivity index (χ1) is 13.5. The Kier molecular flexibility index (Phi) is 5.27. The summed E-state index contributed by atoms with van der Waals surface area (Å²) in [6.45, 7) is 2.75. The van der Waals surface area contributed by atoms with E-state index in [0.29, 0.717) is 17.0 Å². The fraction of sp³-hybridized carbons (Fsp3) is 0.364. The molecule has 2 heterocycles. The molecule has 1 saturated heterocycles. The molecule has 28 heavy (non-hydrogen) atoms. The van der Waals surface area contributed by atoms with Crippen LogP contribution >= 0.6 is 0 Å². The summed E-state index contributed by atoms with van der Waals surface area (Å²) in [7, 11) is -3.63. The lowest BCUT2D eigenvalue weighted by atomic mass is 9.97. The van der Waals surface area contributed by atoms with E-state index in [-0.39, 0.29) is 12.1 Å². The van der Waals surface area contributed by atoms with Crippen molar-refractivity contribution >= 4 is 20.9 Å². The van der Waals surface area contributed by atoms with Crippen LogP contribution in [0, 0.1) is 0 Å².